The van der Waals surface area contributed by atoms with Gasteiger partial charge in [0.2, 0.25) is 0 Å². The fourth-order valence-corrected chi connectivity index (χ4v) is 3.65. The standard InChI is InChI=1S/C23H30N2O5/c1-27-19-7-5-17(15-21(19)29-3)9-11-24-13-14-25(23(24)26)12-10-18-6-8-20(28-2)22(16-18)30-4/h5-8,15-16H,9-14H2,1-4H3. The summed E-state index contributed by atoms with van der Waals surface area (Å²) in [6, 6.07) is 11.8. The summed E-state index contributed by atoms with van der Waals surface area (Å²) in [6.07, 6.45) is 1.55. The molecule has 2 amide bonds. The van der Waals surface area contributed by atoms with Gasteiger partial charge < -0.3 is 28.7 Å². The highest BCUT2D eigenvalue weighted by molar-refractivity contribution is 5.76. The second-order valence-corrected chi connectivity index (χ2v) is 7.14. The molecule has 0 unspecified atom stereocenters. The SMILES string of the molecule is COc1ccc(CCN2CCN(CCc3ccc(OC)c(OC)c3)C2=O)cc1OC. The van der Waals surface area contributed by atoms with Crippen LogP contribution in [0, 0.1) is 0 Å². The topological polar surface area (TPSA) is 60.5 Å². The normalized spacial score (nSPS) is 13.5. The number of ether oxygens (including phenoxy) is 4. The lowest BCUT2D eigenvalue weighted by Crippen LogP contribution is -2.34. The first-order valence-corrected chi connectivity index (χ1v) is 10.0. The lowest BCUT2D eigenvalue weighted by Gasteiger charge is -2.19. The fraction of sp³-hybridized carbons (Fsp3) is 0.435. The number of carbonyl (C=O) groups is 1. The summed E-state index contributed by atoms with van der Waals surface area (Å²) in [4.78, 5) is 16.6. The Morgan fingerprint density at radius 1 is 0.667 bits per heavy atom. The van der Waals surface area contributed by atoms with E-state index >= 15 is 0 Å². The third kappa shape index (κ3) is 4.90. The third-order valence-corrected chi connectivity index (χ3v) is 5.42. The molecular weight excluding hydrogens is 384 g/mol. The van der Waals surface area contributed by atoms with Crippen molar-refractivity contribution in [3.63, 3.8) is 0 Å². The van der Waals surface area contributed by atoms with Gasteiger partial charge in [0.1, 0.15) is 0 Å². The molecule has 7 heteroatoms. The van der Waals surface area contributed by atoms with Gasteiger partial charge in [0.05, 0.1) is 28.4 Å². The van der Waals surface area contributed by atoms with Gasteiger partial charge >= 0.3 is 6.03 Å². The van der Waals surface area contributed by atoms with Crippen LogP contribution in [0.1, 0.15) is 11.1 Å². The molecule has 0 aliphatic carbocycles. The minimum absolute atomic E-state index is 0.0935. The van der Waals surface area contributed by atoms with Crippen molar-refractivity contribution >= 4 is 6.03 Å². The van der Waals surface area contributed by atoms with Gasteiger partial charge in [0.25, 0.3) is 0 Å². The van der Waals surface area contributed by atoms with Crippen molar-refractivity contribution < 1.29 is 23.7 Å². The van der Waals surface area contributed by atoms with Gasteiger partial charge in [-0.15, -0.1) is 0 Å². The van der Waals surface area contributed by atoms with E-state index in [2.05, 4.69) is 0 Å². The Morgan fingerprint density at radius 3 is 1.43 bits per heavy atom. The van der Waals surface area contributed by atoms with Crippen LogP contribution in [0.15, 0.2) is 36.4 Å². The van der Waals surface area contributed by atoms with E-state index < -0.39 is 0 Å². The van der Waals surface area contributed by atoms with Crippen LogP contribution in [-0.4, -0.2) is 70.4 Å². The third-order valence-electron chi connectivity index (χ3n) is 5.42. The molecular formula is C23H30N2O5. The number of carbonyl (C=O) groups excluding carboxylic acids is 1. The number of rotatable bonds is 10. The van der Waals surface area contributed by atoms with Gasteiger partial charge in [-0.05, 0) is 48.2 Å². The van der Waals surface area contributed by atoms with Crippen molar-refractivity contribution in [2.45, 2.75) is 12.8 Å². The van der Waals surface area contributed by atoms with Crippen LogP contribution in [0.3, 0.4) is 0 Å². The minimum atomic E-state index is 0.0935. The first-order chi connectivity index (χ1) is 14.6. The van der Waals surface area contributed by atoms with Crippen molar-refractivity contribution in [1.82, 2.24) is 9.80 Å². The summed E-state index contributed by atoms with van der Waals surface area (Å²) in [5.41, 5.74) is 2.23. The Labute approximate surface area is 178 Å². The van der Waals surface area contributed by atoms with Crippen molar-refractivity contribution in [2.75, 3.05) is 54.6 Å². The Kier molecular flexibility index (Phi) is 7.27. The molecule has 3 rings (SSSR count). The summed E-state index contributed by atoms with van der Waals surface area (Å²) >= 11 is 0. The van der Waals surface area contributed by atoms with Crippen molar-refractivity contribution in [1.29, 1.82) is 0 Å². The predicted molar refractivity (Wildman–Crippen MR) is 115 cm³/mol. The average Bonchev–Trinajstić information content (AvgIpc) is 3.14. The number of urea groups is 1. The molecule has 0 bridgehead atoms. The smallest absolute Gasteiger partial charge is 0.320 e. The van der Waals surface area contributed by atoms with E-state index in [9.17, 15) is 4.79 Å². The molecule has 1 fully saturated rings. The molecule has 1 saturated heterocycles. The highest BCUT2D eigenvalue weighted by atomic mass is 16.5. The highest BCUT2D eigenvalue weighted by Gasteiger charge is 2.27. The number of nitrogens with zero attached hydrogens (tertiary/aromatic N) is 2. The molecule has 0 atom stereocenters. The van der Waals surface area contributed by atoms with Crippen molar-refractivity contribution in [2.24, 2.45) is 0 Å². The summed E-state index contributed by atoms with van der Waals surface area (Å²) < 4.78 is 21.3. The Balaban J connectivity index is 1.52. The van der Waals surface area contributed by atoms with E-state index in [4.69, 9.17) is 18.9 Å². The number of methoxy groups -OCH3 is 4. The minimum Gasteiger partial charge on any atom is -0.493 e. The fourth-order valence-electron chi connectivity index (χ4n) is 3.65. The number of amides is 2. The first kappa shape index (κ1) is 21.6. The molecule has 0 aromatic heterocycles. The number of benzene rings is 2. The molecule has 7 nitrogen and oxygen atoms in total. The van der Waals surface area contributed by atoms with Crippen LogP contribution < -0.4 is 18.9 Å². The van der Waals surface area contributed by atoms with Gasteiger partial charge in [0, 0.05) is 26.2 Å². The summed E-state index contributed by atoms with van der Waals surface area (Å²) in [6.45, 7) is 2.86. The number of hydrogen-bond acceptors (Lipinski definition) is 5. The van der Waals surface area contributed by atoms with Crippen LogP contribution in [-0.2, 0) is 12.8 Å². The Morgan fingerprint density at radius 2 is 1.07 bits per heavy atom. The molecule has 30 heavy (non-hydrogen) atoms. The van der Waals surface area contributed by atoms with Crippen LogP contribution >= 0.6 is 0 Å². The summed E-state index contributed by atoms with van der Waals surface area (Å²) in [7, 11) is 6.50. The highest BCUT2D eigenvalue weighted by Crippen LogP contribution is 2.29. The monoisotopic (exact) mass is 414 g/mol. The zero-order valence-corrected chi connectivity index (χ0v) is 18.1. The largest absolute Gasteiger partial charge is 0.493 e. The quantitative estimate of drug-likeness (QED) is 0.597. The van der Waals surface area contributed by atoms with Gasteiger partial charge in [-0.2, -0.15) is 0 Å². The lowest BCUT2D eigenvalue weighted by molar-refractivity contribution is 0.193. The molecule has 0 saturated carbocycles. The molecule has 0 spiro atoms. The molecule has 2 aromatic carbocycles. The molecule has 0 radical (unpaired) electrons. The predicted octanol–water partition coefficient (Wildman–Crippen LogP) is 3.24. The molecule has 1 aliphatic rings. The zero-order chi connectivity index (χ0) is 21.5. The number of hydrogen-bond donors (Lipinski definition) is 0. The molecule has 1 aliphatic heterocycles. The second kappa shape index (κ2) is 10.1. The molecule has 162 valence electrons. The van der Waals surface area contributed by atoms with Crippen LogP contribution in [0.5, 0.6) is 23.0 Å². The Bertz CT molecular complexity index is 801. The zero-order valence-electron chi connectivity index (χ0n) is 18.1. The maximum absolute atomic E-state index is 12.8. The van der Waals surface area contributed by atoms with E-state index in [-0.39, 0.29) is 6.03 Å². The van der Waals surface area contributed by atoms with E-state index in [0.717, 1.165) is 37.1 Å². The van der Waals surface area contributed by atoms with Gasteiger partial charge in [-0.3, -0.25) is 0 Å². The Hall–Kier alpha value is -3.09. The van der Waals surface area contributed by atoms with E-state index in [0.29, 0.717) is 36.1 Å². The van der Waals surface area contributed by atoms with Crippen LogP contribution in [0.4, 0.5) is 4.79 Å². The average molecular weight is 415 g/mol. The molecule has 0 N–H and O–H groups in total. The maximum atomic E-state index is 12.8. The van der Waals surface area contributed by atoms with Crippen LogP contribution in [0.2, 0.25) is 0 Å². The van der Waals surface area contributed by atoms with Crippen LogP contribution in [0.25, 0.3) is 0 Å². The van der Waals surface area contributed by atoms with E-state index in [1.165, 1.54) is 0 Å². The lowest BCUT2D eigenvalue weighted by atomic mass is 10.1. The first-order valence-electron chi connectivity index (χ1n) is 10.0. The van der Waals surface area contributed by atoms with Crippen molar-refractivity contribution in [3.05, 3.63) is 47.5 Å². The van der Waals surface area contributed by atoms with E-state index in [1.54, 1.807) is 28.4 Å². The second-order valence-electron chi connectivity index (χ2n) is 7.14. The van der Waals surface area contributed by atoms with Gasteiger partial charge in [0.15, 0.2) is 23.0 Å². The van der Waals surface area contributed by atoms with Gasteiger partial charge in [-0.25, -0.2) is 4.79 Å². The molecule has 1 heterocycles. The maximum Gasteiger partial charge on any atom is 0.320 e. The van der Waals surface area contributed by atoms with E-state index in [1.807, 2.05) is 46.2 Å². The van der Waals surface area contributed by atoms with Gasteiger partial charge in [-0.1, -0.05) is 12.1 Å². The summed E-state index contributed by atoms with van der Waals surface area (Å²) in [5, 5.41) is 0. The van der Waals surface area contributed by atoms with Crippen molar-refractivity contribution in [3.8, 4) is 23.0 Å². The summed E-state index contributed by atoms with van der Waals surface area (Å²) in [5.74, 6) is 2.83. The molecule has 2 aromatic rings.